The maximum absolute atomic E-state index is 13.6. The molecule has 0 saturated heterocycles. The summed E-state index contributed by atoms with van der Waals surface area (Å²) < 4.78 is 104. The van der Waals surface area contributed by atoms with Crippen molar-refractivity contribution in [3.05, 3.63) is 79.9 Å². The third-order valence-corrected chi connectivity index (χ3v) is 17.0. The molecule has 342 valence electrons. The van der Waals surface area contributed by atoms with Gasteiger partial charge in [-0.05, 0) is 152 Å². The van der Waals surface area contributed by atoms with Gasteiger partial charge in [0.25, 0.3) is 0 Å². The quantitative estimate of drug-likeness (QED) is 0.189. The van der Waals surface area contributed by atoms with Gasteiger partial charge in [-0.25, -0.2) is 13.1 Å². The van der Waals surface area contributed by atoms with Crippen molar-refractivity contribution in [2.75, 3.05) is 6.61 Å². The van der Waals surface area contributed by atoms with Crippen molar-refractivity contribution in [3.63, 3.8) is 0 Å². The third-order valence-electron chi connectivity index (χ3n) is 13.0. The van der Waals surface area contributed by atoms with Crippen molar-refractivity contribution in [2.24, 2.45) is 38.9 Å². The smallest absolute Gasteiger partial charge is 0.345 e. The second-order valence-electron chi connectivity index (χ2n) is 19.9. The summed E-state index contributed by atoms with van der Waals surface area (Å²) in [5.74, 6) is 0.193. The SMILES string of the molecule is C=C(OCC)[C@]1(N[S@@](=O)C(C)(C)C)c2cc(Br)ccc2CC12C[C@@H](C)C(OC(F)F)[C@@H](C)C2.C[C@@H]1CC2(Cc3ccc(Br)cc3C2=N[S@@](=O)C(C)(C)C)C[C@H](C)C1OC(F)F. The molecule has 4 aliphatic rings. The van der Waals surface area contributed by atoms with E-state index in [-0.39, 0.29) is 29.1 Å². The highest BCUT2D eigenvalue weighted by atomic mass is 79.9. The summed E-state index contributed by atoms with van der Waals surface area (Å²) in [7, 11) is -2.82. The molecule has 1 N–H and O–H groups in total. The maximum atomic E-state index is 13.6. The van der Waals surface area contributed by atoms with Crippen LogP contribution in [-0.2, 0) is 54.6 Å². The zero-order valence-electron chi connectivity index (χ0n) is 37.3. The van der Waals surface area contributed by atoms with Gasteiger partial charge < -0.3 is 14.2 Å². The van der Waals surface area contributed by atoms with Crippen LogP contribution in [-0.4, -0.2) is 55.7 Å². The van der Waals surface area contributed by atoms with E-state index < -0.39 is 67.9 Å². The van der Waals surface area contributed by atoms with Crippen LogP contribution in [0.2, 0.25) is 0 Å². The van der Waals surface area contributed by atoms with Gasteiger partial charge >= 0.3 is 13.2 Å². The number of nitrogens with one attached hydrogen (secondary N) is 1. The van der Waals surface area contributed by atoms with Gasteiger partial charge in [-0.2, -0.15) is 22.0 Å². The van der Waals surface area contributed by atoms with Gasteiger partial charge in [0.15, 0.2) is 0 Å². The second-order valence-corrected chi connectivity index (χ2v) is 25.6. The van der Waals surface area contributed by atoms with Gasteiger partial charge in [-0.1, -0.05) is 78.3 Å². The van der Waals surface area contributed by atoms with Crippen LogP contribution >= 0.6 is 31.9 Å². The molecule has 0 bridgehead atoms. The first-order valence-corrected chi connectivity index (χ1v) is 25.0. The van der Waals surface area contributed by atoms with E-state index in [1.54, 1.807) is 0 Å². The van der Waals surface area contributed by atoms with Crippen LogP contribution in [0, 0.1) is 34.5 Å². The number of rotatable bonds is 10. The van der Waals surface area contributed by atoms with E-state index in [1.807, 2.05) is 94.4 Å². The fourth-order valence-corrected chi connectivity index (χ4v) is 13.4. The average Bonchev–Trinajstić information content (AvgIpc) is 3.54. The predicted molar refractivity (Wildman–Crippen MR) is 245 cm³/mol. The first kappa shape index (κ1) is 50.5. The Hall–Kier alpha value is -1.49. The molecule has 0 radical (unpaired) electrons. The van der Waals surface area contributed by atoms with E-state index in [0.717, 1.165) is 37.8 Å². The van der Waals surface area contributed by atoms with Crippen LogP contribution in [0.4, 0.5) is 17.6 Å². The fraction of sp³-hybridized carbons (Fsp3) is 0.674. The van der Waals surface area contributed by atoms with Crippen molar-refractivity contribution in [3.8, 4) is 0 Å². The Bertz CT molecular complexity index is 1980. The van der Waals surface area contributed by atoms with Crippen molar-refractivity contribution in [2.45, 2.75) is 155 Å². The highest BCUT2D eigenvalue weighted by molar-refractivity contribution is 9.10. The van der Waals surface area contributed by atoms with Crippen LogP contribution in [0.5, 0.6) is 0 Å². The van der Waals surface area contributed by atoms with Gasteiger partial charge in [0.1, 0.15) is 22.3 Å². The minimum atomic E-state index is -2.81. The molecule has 7 nitrogen and oxygen atoms in total. The Balaban J connectivity index is 0.000000234. The van der Waals surface area contributed by atoms with E-state index >= 15 is 0 Å². The summed E-state index contributed by atoms with van der Waals surface area (Å²) in [6, 6.07) is 12.3. The van der Waals surface area contributed by atoms with E-state index in [1.165, 1.54) is 5.56 Å². The largest absolute Gasteiger partial charge is 0.496 e. The van der Waals surface area contributed by atoms with E-state index in [2.05, 4.69) is 61.4 Å². The van der Waals surface area contributed by atoms with E-state index in [0.29, 0.717) is 44.5 Å². The number of benzene rings is 2. The predicted octanol–water partition coefficient (Wildman–Crippen LogP) is 12.4. The molecule has 4 unspecified atom stereocenters. The Morgan fingerprint density at radius 3 is 1.77 bits per heavy atom. The lowest BCUT2D eigenvalue weighted by atomic mass is 9.56. The Kier molecular flexibility index (Phi) is 15.9. The molecular formula is C46H64Br2F4N2O5S2. The molecule has 0 aliphatic heterocycles. The molecule has 2 aromatic carbocycles. The fourth-order valence-electron chi connectivity index (χ4n) is 10.9. The molecule has 2 spiro atoms. The second kappa shape index (κ2) is 19.2. The van der Waals surface area contributed by atoms with Crippen LogP contribution in [0.25, 0.3) is 0 Å². The Morgan fingerprint density at radius 2 is 1.30 bits per heavy atom. The zero-order valence-corrected chi connectivity index (χ0v) is 42.1. The highest BCUT2D eigenvalue weighted by Crippen LogP contribution is 2.63. The molecule has 0 heterocycles. The summed E-state index contributed by atoms with van der Waals surface area (Å²) in [5.41, 5.74) is 3.52. The standard InChI is InChI=1S/C25H36BrF2NO3S.C21H28BrF2NO2S/c1-8-31-17(4)25(29-33(30)23(5,6)7)20-11-19(26)10-9-18(20)14-24(25)12-15(2)21(16(3)13-24)32-22(27)28;1-12-9-21(10-13(2)17(12)27-19(23)24)11-14-6-7-15(22)8-16(14)18(21)25-28(26)20(3,4)5/h9-11,15-16,21-22,29H,4,8,12-14H2,1-3,5-7H3;6-8,12-13,17,19H,9-11H2,1-5H3/t15-,16+,21?,24?,25-,33-;12-,13+,17?,21?,28-/m00/s1. The summed E-state index contributed by atoms with van der Waals surface area (Å²) in [4.78, 5) is 0. The molecule has 0 amide bonds. The molecule has 61 heavy (non-hydrogen) atoms. The van der Waals surface area contributed by atoms with Crippen molar-refractivity contribution in [1.82, 2.24) is 4.72 Å². The topological polar surface area (TPSA) is 86.2 Å². The molecule has 6 rings (SSSR count). The van der Waals surface area contributed by atoms with Crippen molar-refractivity contribution >= 4 is 59.5 Å². The zero-order chi connectivity index (χ0) is 45.6. The van der Waals surface area contributed by atoms with E-state index in [4.69, 9.17) is 18.6 Å². The average molecular weight is 1020 g/mol. The monoisotopic (exact) mass is 1020 g/mol. The molecule has 2 aromatic rings. The molecule has 2 fully saturated rings. The number of ether oxygens (including phenoxy) is 3. The number of hydrogen-bond acceptors (Lipinski definition) is 5. The number of fused-ring (bicyclic) bond motifs is 2. The molecule has 2 saturated carbocycles. The van der Waals surface area contributed by atoms with Crippen LogP contribution < -0.4 is 4.72 Å². The van der Waals surface area contributed by atoms with Gasteiger partial charge in [0.05, 0.1) is 45.0 Å². The molecule has 0 aromatic heterocycles. The third kappa shape index (κ3) is 10.5. The van der Waals surface area contributed by atoms with Gasteiger partial charge in [-0.3, -0.25) is 0 Å². The first-order chi connectivity index (χ1) is 28.2. The number of halogens is 6. The highest BCUT2D eigenvalue weighted by Gasteiger charge is 2.64. The number of alkyl halides is 4. The maximum Gasteiger partial charge on any atom is 0.345 e. The van der Waals surface area contributed by atoms with Crippen LogP contribution in [0.1, 0.15) is 124 Å². The summed E-state index contributed by atoms with van der Waals surface area (Å²) >= 11 is 7.14. The normalized spacial score (nSPS) is 32.8. The van der Waals surface area contributed by atoms with Crippen molar-refractivity contribution < 1.29 is 40.2 Å². The molecule has 15 heteroatoms. The number of hydrogen-bond donors (Lipinski definition) is 1. The lowest BCUT2D eigenvalue weighted by Gasteiger charge is -2.54. The van der Waals surface area contributed by atoms with Gasteiger partial charge in [-0.15, -0.1) is 0 Å². The lowest BCUT2D eigenvalue weighted by Crippen LogP contribution is -2.61. The summed E-state index contributed by atoms with van der Waals surface area (Å²) in [6.07, 6.45) is 3.11. The minimum Gasteiger partial charge on any atom is -0.496 e. The summed E-state index contributed by atoms with van der Waals surface area (Å²) in [5, 5.41) is 0. The van der Waals surface area contributed by atoms with Crippen LogP contribution in [0.3, 0.4) is 0 Å². The van der Waals surface area contributed by atoms with Crippen LogP contribution in [0.15, 0.2) is 62.1 Å². The summed E-state index contributed by atoms with van der Waals surface area (Å²) in [6.45, 7) is 20.5. The minimum absolute atomic E-state index is 0.0382. The number of nitrogens with zero attached hydrogens (tertiary/aromatic N) is 1. The molecule has 11 atom stereocenters. The molecule has 4 aliphatic carbocycles. The van der Waals surface area contributed by atoms with Crippen molar-refractivity contribution in [1.29, 1.82) is 0 Å². The van der Waals surface area contributed by atoms with Gasteiger partial charge in [0.2, 0.25) is 0 Å². The first-order valence-electron chi connectivity index (χ1n) is 21.2. The lowest BCUT2D eigenvalue weighted by molar-refractivity contribution is -0.208. The Labute approximate surface area is 382 Å². The van der Waals surface area contributed by atoms with Gasteiger partial charge in [0, 0.05) is 25.3 Å². The molecular weight excluding hydrogens is 960 g/mol. The Morgan fingerprint density at radius 1 is 0.803 bits per heavy atom. The van der Waals surface area contributed by atoms with E-state index in [9.17, 15) is 26.0 Å².